The Kier molecular flexibility index (Phi) is 3.84. The van der Waals surface area contributed by atoms with E-state index in [0.717, 1.165) is 18.2 Å². The van der Waals surface area contributed by atoms with E-state index in [1.807, 2.05) is 18.7 Å². The average Bonchev–Trinajstić information content (AvgIpc) is 2.56. The van der Waals surface area contributed by atoms with Gasteiger partial charge in [0.15, 0.2) is 0 Å². The number of nitrogens with one attached hydrogen (secondary N) is 1. The molecule has 1 fully saturated rings. The highest BCUT2D eigenvalue weighted by molar-refractivity contribution is 5.08. The zero-order chi connectivity index (χ0) is 12.4. The number of aromatic nitrogens is 2. The molecule has 1 aromatic rings. The number of piperidine rings is 1. The minimum atomic E-state index is 0.640. The molecule has 0 aromatic carbocycles. The molecule has 1 aromatic heterocycles. The highest BCUT2D eigenvalue weighted by atomic mass is 15.3. The summed E-state index contributed by atoms with van der Waals surface area (Å²) in [5.41, 5.74) is 2.37. The van der Waals surface area contributed by atoms with Crippen LogP contribution in [0.25, 0.3) is 0 Å². The van der Waals surface area contributed by atoms with Crippen molar-refractivity contribution in [3.8, 4) is 0 Å². The highest BCUT2D eigenvalue weighted by Crippen LogP contribution is 2.16. The molecule has 0 radical (unpaired) electrons. The molecule has 4 heteroatoms. The fraction of sp³-hybridized carbons (Fsp3) is 0.769. The van der Waals surface area contributed by atoms with Crippen molar-refractivity contribution in [3.05, 3.63) is 17.5 Å². The van der Waals surface area contributed by atoms with Crippen LogP contribution >= 0.6 is 0 Å². The number of aryl methyl sites for hydroxylation is 2. The van der Waals surface area contributed by atoms with Crippen LogP contribution < -0.4 is 5.32 Å². The van der Waals surface area contributed by atoms with E-state index < -0.39 is 0 Å². The summed E-state index contributed by atoms with van der Waals surface area (Å²) in [6, 6.07) is 2.80. The van der Waals surface area contributed by atoms with Gasteiger partial charge in [0.25, 0.3) is 0 Å². The first-order valence-corrected chi connectivity index (χ1v) is 6.47. The van der Waals surface area contributed by atoms with Gasteiger partial charge in [-0.2, -0.15) is 5.10 Å². The SMILES string of the molecule is Cc1cc(CNC2CCN(C)CC2C)n(C)n1. The van der Waals surface area contributed by atoms with E-state index in [9.17, 15) is 0 Å². The highest BCUT2D eigenvalue weighted by Gasteiger charge is 2.23. The Morgan fingerprint density at radius 3 is 2.82 bits per heavy atom. The van der Waals surface area contributed by atoms with Gasteiger partial charge in [0.1, 0.15) is 0 Å². The van der Waals surface area contributed by atoms with Gasteiger partial charge in [-0.15, -0.1) is 0 Å². The zero-order valence-electron chi connectivity index (χ0n) is 11.4. The van der Waals surface area contributed by atoms with E-state index in [1.165, 1.54) is 25.2 Å². The van der Waals surface area contributed by atoms with Crippen molar-refractivity contribution in [1.82, 2.24) is 20.0 Å². The number of nitrogens with zero attached hydrogens (tertiary/aromatic N) is 3. The van der Waals surface area contributed by atoms with E-state index in [1.54, 1.807) is 0 Å². The number of hydrogen-bond acceptors (Lipinski definition) is 3. The summed E-state index contributed by atoms with van der Waals surface area (Å²) in [6.07, 6.45) is 1.24. The summed E-state index contributed by atoms with van der Waals surface area (Å²) in [6.45, 7) is 7.70. The smallest absolute Gasteiger partial charge is 0.0597 e. The minimum Gasteiger partial charge on any atom is -0.308 e. The molecule has 0 saturated carbocycles. The van der Waals surface area contributed by atoms with Gasteiger partial charge in [0.05, 0.1) is 11.4 Å². The molecule has 4 nitrogen and oxygen atoms in total. The van der Waals surface area contributed by atoms with Gasteiger partial charge in [-0.1, -0.05) is 6.92 Å². The van der Waals surface area contributed by atoms with Gasteiger partial charge in [0.2, 0.25) is 0 Å². The summed E-state index contributed by atoms with van der Waals surface area (Å²) in [7, 11) is 4.22. The van der Waals surface area contributed by atoms with E-state index in [0.29, 0.717) is 6.04 Å². The molecule has 1 aliphatic rings. The van der Waals surface area contributed by atoms with Gasteiger partial charge >= 0.3 is 0 Å². The van der Waals surface area contributed by atoms with Gasteiger partial charge < -0.3 is 10.2 Å². The lowest BCUT2D eigenvalue weighted by molar-refractivity contribution is 0.174. The predicted molar refractivity (Wildman–Crippen MR) is 69.9 cm³/mol. The van der Waals surface area contributed by atoms with Crippen LogP contribution in [0.4, 0.5) is 0 Å². The fourth-order valence-corrected chi connectivity index (χ4v) is 2.72. The second-order valence-corrected chi connectivity index (χ2v) is 5.42. The van der Waals surface area contributed by atoms with E-state index in [2.05, 4.69) is 35.4 Å². The molecular weight excluding hydrogens is 212 g/mol. The van der Waals surface area contributed by atoms with Crippen molar-refractivity contribution in [3.63, 3.8) is 0 Å². The Morgan fingerprint density at radius 1 is 1.47 bits per heavy atom. The van der Waals surface area contributed by atoms with Crippen LogP contribution in [0.15, 0.2) is 6.07 Å². The fourth-order valence-electron chi connectivity index (χ4n) is 2.72. The third kappa shape index (κ3) is 3.07. The normalized spacial score (nSPS) is 26.4. The zero-order valence-corrected chi connectivity index (χ0v) is 11.4. The standard InChI is InChI=1S/C13H24N4/c1-10-9-16(3)6-5-13(10)14-8-12-7-11(2)15-17(12)4/h7,10,13-14H,5-6,8-9H2,1-4H3. The molecule has 2 unspecified atom stereocenters. The maximum absolute atomic E-state index is 4.37. The van der Waals surface area contributed by atoms with E-state index in [4.69, 9.17) is 0 Å². The molecule has 17 heavy (non-hydrogen) atoms. The summed E-state index contributed by atoms with van der Waals surface area (Å²) in [4.78, 5) is 2.41. The predicted octanol–water partition coefficient (Wildman–Crippen LogP) is 1.16. The van der Waals surface area contributed by atoms with Gasteiger partial charge in [0, 0.05) is 26.2 Å². The van der Waals surface area contributed by atoms with E-state index in [-0.39, 0.29) is 0 Å². The van der Waals surface area contributed by atoms with Crippen molar-refractivity contribution in [2.24, 2.45) is 13.0 Å². The van der Waals surface area contributed by atoms with Crippen LogP contribution in [0.3, 0.4) is 0 Å². The van der Waals surface area contributed by atoms with Gasteiger partial charge in [-0.3, -0.25) is 4.68 Å². The Bertz CT molecular complexity index is 371. The number of likely N-dealkylation sites (tertiary alicyclic amines) is 1. The van der Waals surface area contributed by atoms with Gasteiger partial charge in [-0.25, -0.2) is 0 Å². The van der Waals surface area contributed by atoms with Crippen molar-refractivity contribution in [2.75, 3.05) is 20.1 Å². The maximum Gasteiger partial charge on any atom is 0.0597 e. The summed E-state index contributed by atoms with van der Waals surface area (Å²) in [5.74, 6) is 0.725. The van der Waals surface area contributed by atoms with Gasteiger partial charge in [-0.05, 0) is 38.9 Å². The molecule has 0 spiro atoms. The van der Waals surface area contributed by atoms with E-state index >= 15 is 0 Å². The largest absolute Gasteiger partial charge is 0.308 e. The maximum atomic E-state index is 4.37. The van der Waals surface area contributed by atoms with Crippen LogP contribution in [0, 0.1) is 12.8 Å². The third-order valence-electron chi connectivity index (χ3n) is 3.75. The molecule has 96 valence electrons. The molecule has 1 aliphatic heterocycles. The number of hydrogen-bond donors (Lipinski definition) is 1. The van der Waals surface area contributed by atoms with Crippen LogP contribution in [0.5, 0.6) is 0 Å². The first kappa shape index (κ1) is 12.6. The summed E-state index contributed by atoms with van der Waals surface area (Å²) in [5, 5.41) is 8.05. The quantitative estimate of drug-likeness (QED) is 0.855. The molecule has 0 bridgehead atoms. The first-order valence-electron chi connectivity index (χ1n) is 6.47. The summed E-state index contributed by atoms with van der Waals surface area (Å²) >= 11 is 0. The Labute approximate surface area is 104 Å². The van der Waals surface area contributed by atoms with Crippen LogP contribution in [-0.4, -0.2) is 40.9 Å². The topological polar surface area (TPSA) is 33.1 Å². The van der Waals surface area contributed by atoms with Crippen molar-refractivity contribution in [1.29, 1.82) is 0 Å². The van der Waals surface area contributed by atoms with Crippen LogP contribution in [0.1, 0.15) is 24.7 Å². The minimum absolute atomic E-state index is 0.640. The molecule has 2 heterocycles. The van der Waals surface area contributed by atoms with Crippen LogP contribution in [0.2, 0.25) is 0 Å². The Balaban J connectivity index is 1.88. The monoisotopic (exact) mass is 236 g/mol. The second kappa shape index (κ2) is 5.19. The van der Waals surface area contributed by atoms with Crippen LogP contribution in [-0.2, 0) is 13.6 Å². The molecule has 0 aliphatic carbocycles. The molecule has 2 rings (SSSR count). The molecule has 0 amide bonds. The molecule has 1 N–H and O–H groups in total. The second-order valence-electron chi connectivity index (χ2n) is 5.42. The lowest BCUT2D eigenvalue weighted by Gasteiger charge is -2.35. The lowest BCUT2D eigenvalue weighted by Crippen LogP contribution is -2.46. The average molecular weight is 236 g/mol. The molecular formula is C13H24N4. The lowest BCUT2D eigenvalue weighted by atomic mass is 9.94. The molecule has 2 atom stereocenters. The molecule has 1 saturated heterocycles. The van der Waals surface area contributed by atoms with Crippen molar-refractivity contribution in [2.45, 2.75) is 32.9 Å². The van der Waals surface area contributed by atoms with Crippen molar-refractivity contribution < 1.29 is 0 Å². The first-order chi connectivity index (χ1) is 8.06. The van der Waals surface area contributed by atoms with Crippen molar-refractivity contribution >= 4 is 0 Å². The summed E-state index contributed by atoms with van der Waals surface area (Å²) < 4.78 is 1.97. The third-order valence-corrected chi connectivity index (χ3v) is 3.75. The number of rotatable bonds is 3. The Morgan fingerprint density at radius 2 is 2.24 bits per heavy atom. The Hall–Kier alpha value is -0.870.